The minimum Gasteiger partial charge on any atom is -0.480 e. The van der Waals surface area contributed by atoms with Crippen LogP contribution in [0.15, 0.2) is 0 Å². The average molecular weight is 243 g/mol. The van der Waals surface area contributed by atoms with Crippen LogP contribution < -0.4 is 0 Å². The van der Waals surface area contributed by atoms with E-state index in [9.17, 15) is 9.90 Å². The number of nitrogens with zero attached hydrogens (tertiary/aromatic N) is 1. The second-order valence-corrected chi connectivity index (χ2v) is 5.74. The average Bonchev–Trinajstić information content (AvgIpc) is 3.02. The summed E-state index contributed by atoms with van der Waals surface area (Å²) in [6.07, 6.45) is 2.73. The van der Waals surface area contributed by atoms with Gasteiger partial charge in [-0.2, -0.15) is 0 Å². The highest BCUT2D eigenvalue weighted by molar-refractivity contribution is 5.78. The number of carboxylic acids is 1. The van der Waals surface area contributed by atoms with Gasteiger partial charge in [0.1, 0.15) is 5.54 Å². The second-order valence-electron chi connectivity index (χ2n) is 5.74. The quantitative estimate of drug-likeness (QED) is 0.744. The highest BCUT2D eigenvalue weighted by atomic mass is 16.5. The van der Waals surface area contributed by atoms with E-state index in [2.05, 4.69) is 4.90 Å². The smallest absolute Gasteiger partial charge is 0.323 e. The first kappa shape index (κ1) is 14.5. The summed E-state index contributed by atoms with van der Waals surface area (Å²) in [5.41, 5.74) is -1.26. The van der Waals surface area contributed by atoms with E-state index < -0.39 is 17.1 Å². The number of carboxylic acid groups (broad SMARTS) is 1. The van der Waals surface area contributed by atoms with Crippen LogP contribution in [0.4, 0.5) is 0 Å². The van der Waals surface area contributed by atoms with Crippen LogP contribution >= 0.6 is 0 Å². The third kappa shape index (κ3) is 3.19. The summed E-state index contributed by atoms with van der Waals surface area (Å²) in [5.74, 6) is -0.753. The fraction of sp³-hybridized carbons (Fsp3) is 0.923. The predicted molar refractivity (Wildman–Crippen MR) is 67.1 cm³/mol. The van der Waals surface area contributed by atoms with Gasteiger partial charge in [-0.1, -0.05) is 6.92 Å². The highest BCUT2D eigenvalue weighted by Crippen LogP contribution is 2.37. The molecule has 1 N–H and O–H groups in total. The zero-order valence-electron chi connectivity index (χ0n) is 11.6. The van der Waals surface area contributed by atoms with Crippen LogP contribution in [-0.2, 0) is 9.53 Å². The minimum atomic E-state index is -0.838. The fourth-order valence-electron chi connectivity index (χ4n) is 2.60. The molecular formula is C13H25NO3. The molecule has 4 nitrogen and oxygen atoms in total. The Morgan fingerprint density at radius 3 is 2.24 bits per heavy atom. The molecule has 0 aromatic carbocycles. The van der Waals surface area contributed by atoms with Gasteiger partial charge in [0.2, 0.25) is 0 Å². The van der Waals surface area contributed by atoms with Crippen molar-refractivity contribution in [3.05, 3.63) is 0 Å². The lowest BCUT2D eigenvalue weighted by atomic mass is 9.86. The number of rotatable bonds is 7. The van der Waals surface area contributed by atoms with Crippen LogP contribution in [0, 0.1) is 0 Å². The number of ether oxygens (including phenoxy) is 1. The van der Waals surface area contributed by atoms with Gasteiger partial charge in [-0.15, -0.1) is 0 Å². The third-order valence-corrected chi connectivity index (χ3v) is 3.75. The first-order valence-corrected chi connectivity index (χ1v) is 6.32. The van der Waals surface area contributed by atoms with Crippen LogP contribution in [0.5, 0.6) is 0 Å². The molecule has 1 aliphatic carbocycles. The van der Waals surface area contributed by atoms with E-state index in [4.69, 9.17) is 4.74 Å². The molecule has 0 aliphatic heterocycles. The first-order chi connectivity index (χ1) is 7.77. The maximum absolute atomic E-state index is 11.7. The molecule has 100 valence electrons. The van der Waals surface area contributed by atoms with Crippen LogP contribution in [0.3, 0.4) is 0 Å². The van der Waals surface area contributed by atoms with Gasteiger partial charge in [-0.25, -0.2) is 0 Å². The maximum Gasteiger partial charge on any atom is 0.323 e. The van der Waals surface area contributed by atoms with Gasteiger partial charge in [0.25, 0.3) is 0 Å². The number of likely N-dealkylation sites (N-methyl/N-ethyl adjacent to an activating group) is 1. The highest BCUT2D eigenvalue weighted by Gasteiger charge is 2.48. The lowest BCUT2D eigenvalue weighted by molar-refractivity contribution is -0.156. The fourth-order valence-corrected chi connectivity index (χ4v) is 2.60. The number of aliphatic carboxylic acids is 1. The zero-order chi connectivity index (χ0) is 13.3. The second kappa shape index (κ2) is 4.94. The summed E-state index contributed by atoms with van der Waals surface area (Å²) in [6, 6.07) is 0.439. The van der Waals surface area contributed by atoms with Gasteiger partial charge in [-0.3, -0.25) is 9.69 Å². The molecule has 17 heavy (non-hydrogen) atoms. The Balaban J connectivity index is 2.91. The number of methoxy groups -OCH3 is 1. The number of carbonyl (C=O) groups is 1. The van der Waals surface area contributed by atoms with E-state index in [1.54, 1.807) is 7.11 Å². The lowest BCUT2D eigenvalue weighted by Crippen LogP contribution is -2.56. The van der Waals surface area contributed by atoms with E-state index in [1.807, 2.05) is 27.7 Å². The van der Waals surface area contributed by atoms with Crippen molar-refractivity contribution < 1.29 is 14.6 Å². The monoisotopic (exact) mass is 243 g/mol. The third-order valence-electron chi connectivity index (χ3n) is 3.75. The van der Waals surface area contributed by atoms with Gasteiger partial charge in [0, 0.05) is 19.6 Å². The van der Waals surface area contributed by atoms with Crippen molar-refractivity contribution in [2.75, 3.05) is 13.7 Å². The van der Waals surface area contributed by atoms with Crippen LogP contribution in [0.2, 0.25) is 0 Å². The van der Waals surface area contributed by atoms with Crippen molar-refractivity contribution in [2.24, 2.45) is 0 Å². The Morgan fingerprint density at radius 2 is 1.94 bits per heavy atom. The molecule has 0 aromatic rings. The molecule has 0 radical (unpaired) electrons. The van der Waals surface area contributed by atoms with E-state index in [0.717, 1.165) is 19.4 Å². The molecule has 0 amide bonds. The standard InChI is InChI=1S/C13H25NO3/c1-6-14(10-7-8-10)13(4,11(15)16)9-12(2,3)17-5/h10H,6-9H2,1-5H3,(H,15,16). The molecule has 4 heteroatoms. The van der Waals surface area contributed by atoms with E-state index in [1.165, 1.54) is 0 Å². The molecule has 1 saturated carbocycles. The Hall–Kier alpha value is -0.610. The van der Waals surface area contributed by atoms with Gasteiger partial charge in [0.05, 0.1) is 5.60 Å². The Kier molecular flexibility index (Phi) is 4.20. The van der Waals surface area contributed by atoms with Crippen LogP contribution in [0.1, 0.15) is 47.0 Å². The summed E-state index contributed by atoms with van der Waals surface area (Å²) >= 11 is 0. The summed E-state index contributed by atoms with van der Waals surface area (Å²) in [4.78, 5) is 13.8. The van der Waals surface area contributed by atoms with Gasteiger partial charge in [0.15, 0.2) is 0 Å². The van der Waals surface area contributed by atoms with E-state index in [0.29, 0.717) is 12.5 Å². The summed E-state index contributed by atoms with van der Waals surface area (Å²) in [5, 5.41) is 9.57. The Morgan fingerprint density at radius 1 is 1.41 bits per heavy atom. The topological polar surface area (TPSA) is 49.8 Å². The van der Waals surface area contributed by atoms with Crippen molar-refractivity contribution in [1.82, 2.24) is 4.90 Å². The molecule has 0 saturated heterocycles. The van der Waals surface area contributed by atoms with Gasteiger partial charge in [-0.05, 0) is 40.2 Å². The predicted octanol–water partition coefficient (Wildman–Crippen LogP) is 2.13. The molecular weight excluding hydrogens is 218 g/mol. The van der Waals surface area contributed by atoms with E-state index >= 15 is 0 Å². The normalized spacial score (nSPS) is 20.4. The SMILES string of the molecule is CCN(C1CC1)C(C)(CC(C)(C)OC)C(=O)O. The molecule has 1 atom stereocenters. The Bertz CT molecular complexity index is 286. The molecule has 0 aromatic heterocycles. The summed E-state index contributed by atoms with van der Waals surface area (Å²) in [7, 11) is 1.63. The zero-order valence-corrected chi connectivity index (χ0v) is 11.6. The van der Waals surface area contributed by atoms with Crippen molar-refractivity contribution in [1.29, 1.82) is 0 Å². The van der Waals surface area contributed by atoms with Crippen LogP contribution in [-0.4, -0.2) is 46.8 Å². The lowest BCUT2D eigenvalue weighted by Gasteiger charge is -2.41. The molecule has 1 fully saturated rings. The van der Waals surface area contributed by atoms with Crippen LogP contribution in [0.25, 0.3) is 0 Å². The molecule has 0 spiro atoms. The van der Waals surface area contributed by atoms with Crippen molar-refractivity contribution in [2.45, 2.75) is 64.1 Å². The molecule has 1 unspecified atom stereocenters. The Labute approximate surface area is 104 Å². The molecule has 0 heterocycles. The number of hydrogen-bond donors (Lipinski definition) is 1. The van der Waals surface area contributed by atoms with Crippen molar-refractivity contribution in [3.63, 3.8) is 0 Å². The van der Waals surface area contributed by atoms with E-state index in [-0.39, 0.29) is 0 Å². The molecule has 1 aliphatic rings. The maximum atomic E-state index is 11.7. The van der Waals surface area contributed by atoms with Crippen molar-refractivity contribution >= 4 is 5.97 Å². The minimum absolute atomic E-state index is 0.421. The van der Waals surface area contributed by atoms with Gasteiger partial charge >= 0.3 is 5.97 Å². The van der Waals surface area contributed by atoms with Crippen molar-refractivity contribution in [3.8, 4) is 0 Å². The molecule has 0 bridgehead atoms. The largest absolute Gasteiger partial charge is 0.480 e. The molecule has 1 rings (SSSR count). The first-order valence-electron chi connectivity index (χ1n) is 6.32. The van der Waals surface area contributed by atoms with Gasteiger partial charge < -0.3 is 9.84 Å². The number of hydrogen-bond acceptors (Lipinski definition) is 3. The summed E-state index contributed by atoms with van der Waals surface area (Å²) < 4.78 is 5.39. The summed E-state index contributed by atoms with van der Waals surface area (Å²) in [6.45, 7) is 8.49.